The summed E-state index contributed by atoms with van der Waals surface area (Å²) in [5, 5.41) is 0.509. The number of carbonyl (C=O) groups is 1. The molecule has 5 heteroatoms. The monoisotopic (exact) mass is 321 g/mol. The maximum absolute atomic E-state index is 12.5. The summed E-state index contributed by atoms with van der Waals surface area (Å²) in [6, 6.07) is 9.83. The normalized spacial score (nSPS) is 15.2. The van der Waals surface area contributed by atoms with E-state index in [2.05, 4.69) is 19.1 Å². The fourth-order valence-corrected chi connectivity index (χ4v) is 3.49. The zero-order valence-corrected chi connectivity index (χ0v) is 13.3. The Kier molecular flexibility index (Phi) is 4.29. The Morgan fingerprint density at radius 2 is 2.00 bits per heavy atom. The van der Waals surface area contributed by atoms with Gasteiger partial charge in [0.05, 0.1) is 23.8 Å². The molecule has 1 fully saturated rings. The second-order valence-electron chi connectivity index (χ2n) is 5.01. The van der Waals surface area contributed by atoms with E-state index in [4.69, 9.17) is 16.3 Å². The molecule has 0 atom stereocenters. The summed E-state index contributed by atoms with van der Waals surface area (Å²) in [5.74, 6) is -0.0165. The Balaban J connectivity index is 1.85. The molecule has 1 aliphatic heterocycles. The van der Waals surface area contributed by atoms with Crippen molar-refractivity contribution in [1.29, 1.82) is 0 Å². The van der Waals surface area contributed by atoms with Crippen LogP contribution in [0.5, 0.6) is 0 Å². The van der Waals surface area contributed by atoms with Gasteiger partial charge in [-0.05, 0) is 36.8 Å². The maximum atomic E-state index is 12.5. The van der Waals surface area contributed by atoms with Gasteiger partial charge in [-0.3, -0.25) is 4.79 Å². The number of ether oxygens (including phenoxy) is 1. The number of benzene rings is 1. The van der Waals surface area contributed by atoms with Crippen LogP contribution >= 0.6 is 22.9 Å². The highest BCUT2D eigenvalue weighted by atomic mass is 35.5. The molecule has 110 valence electrons. The number of rotatable bonds is 2. The van der Waals surface area contributed by atoms with E-state index in [1.54, 1.807) is 16.2 Å². The molecule has 21 heavy (non-hydrogen) atoms. The number of hydrogen-bond acceptors (Lipinski definition) is 3. The van der Waals surface area contributed by atoms with Crippen LogP contribution in [0.15, 0.2) is 30.3 Å². The minimum Gasteiger partial charge on any atom is -0.378 e. The van der Waals surface area contributed by atoms with Crippen molar-refractivity contribution >= 4 is 28.8 Å². The van der Waals surface area contributed by atoms with E-state index in [9.17, 15) is 4.79 Å². The van der Waals surface area contributed by atoms with Gasteiger partial charge >= 0.3 is 0 Å². The van der Waals surface area contributed by atoms with Crippen molar-refractivity contribution in [3.8, 4) is 10.4 Å². The van der Waals surface area contributed by atoms with Crippen molar-refractivity contribution in [3.05, 3.63) is 45.8 Å². The predicted molar refractivity (Wildman–Crippen MR) is 86.2 cm³/mol. The quantitative estimate of drug-likeness (QED) is 0.841. The number of nitrogens with zero attached hydrogens (tertiary/aromatic N) is 1. The van der Waals surface area contributed by atoms with E-state index in [0.717, 1.165) is 5.56 Å². The third kappa shape index (κ3) is 3.12. The predicted octanol–water partition coefficient (Wildman–Crippen LogP) is 3.85. The van der Waals surface area contributed by atoms with Crippen molar-refractivity contribution in [2.45, 2.75) is 6.92 Å². The minimum absolute atomic E-state index is 0.0165. The van der Waals surface area contributed by atoms with E-state index in [1.807, 2.05) is 18.2 Å². The van der Waals surface area contributed by atoms with Gasteiger partial charge in [-0.1, -0.05) is 17.7 Å². The number of thiophene rings is 1. The Labute approximate surface area is 133 Å². The van der Waals surface area contributed by atoms with E-state index in [0.29, 0.717) is 36.9 Å². The largest absolute Gasteiger partial charge is 0.378 e. The number of halogens is 1. The first-order valence-corrected chi connectivity index (χ1v) is 8.08. The first-order valence-electron chi connectivity index (χ1n) is 6.88. The molecular formula is C16H16ClNO2S. The average Bonchev–Trinajstić information content (AvgIpc) is 2.94. The van der Waals surface area contributed by atoms with Gasteiger partial charge in [0.1, 0.15) is 0 Å². The third-order valence-corrected chi connectivity index (χ3v) is 4.89. The Morgan fingerprint density at radius 3 is 2.62 bits per heavy atom. The molecular weight excluding hydrogens is 306 g/mol. The number of carbonyl (C=O) groups excluding carboxylic acids is 1. The molecule has 0 bridgehead atoms. The molecule has 1 aliphatic rings. The van der Waals surface area contributed by atoms with E-state index in [-0.39, 0.29) is 5.91 Å². The molecule has 3 nitrogen and oxygen atoms in total. The first kappa shape index (κ1) is 14.6. The van der Waals surface area contributed by atoms with Gasteiger partial charge in [-0.25, -0.2) is 0 Å². The average molecular weight is 322 g/mol. The molecule has 0 radical (unpaired) electrons. The number of amides is 1. The molecule has 0 unspecified atom stereocenters. The summed E-state index contributed by atoms with van der Waals surface area (Å²) in [5.41, 5.74) is 1.62. The maximum Gasteiger partial charge on any atom is 0.255 e. The molecule has 0 N–H and O–H groups in total. The Bertz CT molecular complexity index is 662. The van der Waals surface area contributed by atoms with Crippen molar-refractivity contribution in [1.82, 2.24) is 4.90 Å². The van der Waals surface area contributed by atoms with Crippen LogP contribution in [0.1, 0.15) is 15.2 Å². The lowest BCUT2D eigenvalue weighted by Crippen LogP contribution is -2.40. The second kappa shape index (κ2) is 6.18. The molecule has 2 aromatic rings. The topological polar surface area (TPSA) is 29.5 Å². The lowest BCUT2D eigenvalue weighted by atomic mass is 10.1. The zero-order chi connectivity index (χ0) is 14.8. The molecule has 0 saturated carbocycles. The van der Waals surface area contributed by atoms with E-state index >= 15 is 0 Å². The number of aryl methyl sites for hydroxylation is 1. The van der Waals surface area contributed by atoms with Gasteiger partial charge in [-0.15, -0.1) is 11.3 Å². The summed E-state index contributed by atoms with van der Waals surface area (Å²) in [6.45, 7) is 4.51. The van der Waals surface area contributed by atoms with Crippen LogP contribution in [0, 0.1) is 6.92 Å². The van der Waals surface area contributed by atoms with Crippen molar-refractivity contribution < 1.29 is 9.53 Å². The Morgan fingerprint density at radius 1 is 1.24 bits per heavy atom. The lowest BCUT2D eigenvalue weighted by molar-refractivity contribution is 0.0303. The molecule has 2 heterocycles. The zero-order valence-electron chi connectivity index (χ0n) is 11.8. The van der Waals surface area contributed by atoms with Crippen LogP contribution in [0.2, 0.25) is 5.02 Å². The summed E-state index contributed by atoms with van der Waals surface area (Å²) >= 11 is 8.05. The summed E-state index contributed by atoms with van der Waals surface area (Å²) in [7, 11) is 0. The second-order valence-corrected chi connectivity index (χ2v) is 6.70. The van der Waals surface area contributed by atoms with Crippen molar-refractivity contribution in [3.63, 3.8) is 0 Å². The van der Waals surface area contributed by atoms with Gasteiger partial charge in [0, 0.05) is 22.8 Å². The molecule has 0 aliphatic carbocycles. The van der Waals surface area contributed by atoms with Gasteiger partial charge in [0.2, 0.25) is 0 Å². The molecule has 0 spiro atoms. The SMILES string of the molecule is Cc1ccc(-c2ccc(C(=O)N3CCOCC3)c(Cl)c2)s1. The highest BCUT2D eigenvalue weighted by Crippen LogP contribution is 2.31. The van der Waals surface area contributed by atoms with Gasteiger partial charge in [0.25, 0.3) is 5.91 Å². The van der Waals surface area contributed by atoms with Crippen LogP contribution in [-0.4, -0.2) is 37.1 Å². The van der Waals surface area contributed by atoms with Crippen LogP contribution in [0.25, 0.3) is 10.4 Å². The molecule has 1 aromatic heterocycles. The molecule has 1 amide bonds. The first-order chi connectivity index (χ1) is 10.1. The summed E-state index contributed by atoms with van der Waals surface area (Å²) < 4.78 is 5.27. The molecule has 3 rings (SSSR count). The van der Waals surface area contributed by atoms with Crippen molar-refractivity contribution in [2.24, 2.45) is 0 Å². The Hall–Kier alpha value is -1.36. The van der Waals surface area contributed by atoms with E-state index < -0.39 is 0 Å². The molecule has 1 saturated heterocycles. The van der Waals surface area contributed by atoms with Gasteiger partial charge in [0.15, 0.2) is 0 Å². The minimum atomic E-state index is -0.0165. The fourth-order valence-electron chi connectivity index (χ4n) is 2.37. The van der Waals surface area contributed by atoms with Crippen LogP contribution < -0.4 is 0 Å². The van der Waals surface area contributed by atoms with Gasteiger partial charge in [-0.2, -0.15) is 0 Å². The summed E-state index contributed by atoms with van der Waals surface area (Å²) in [6.07, 6.45) is 0. The number of morpholine rings is 1. The van der Waals surface area contributed by atoms with E-state index in [1.165, 1.54) is 9.75 Å². The third-order valence-electron chi connectivity index (χ3n) is 3.52. The van der Waals surface area contributed by atoms with Crippen LogP contribution in [0.4, 0.5) is 0 Å². The number of hydrogen-bond donors (Lipinski definition) is 0. The highest BCUT2D eigenvalue weighted by Gasteiger charge is 2.20. The summed E-state index contributed by atoms with van der Waals surface area (Å²) in [4.78, 5) is 16.7. The standard InChI is InChI=1S/C16H16ClNO2S/c1-11-2-5-15(21-11)12-3-4-13(14(17)10-12)16(19)18-6-8-20-9-7-18/h2-5,10H,6-9H2,1H3. The molecule has 1 aromatic carbocycles. The van der Waals surface area contributed by atoms with Crippen LogP contribution in [0.3, 0.4) is 0 Å². The fraction of sp³-hybridized carbons (Fsp3) is 0.312. The highest BCUT2D eigenvalue weighted by molar-refractivity contribution is 7.15. The van der Waals surface area contributed by atoms with Crippen LogP contribution in [-0.2, 0) is 4.74 Å². The van der Waals surface area contributed by atoms with Crippen molar-refractivity contribution in [2.75, 3.05) is 26.3 Å². The van der Waals surface area contributed by atoms with Gasteiger partial charge < -0.3 is 9.64 Å². The lowest BCUT2D eigenvalue weighted by Gasteiger charge is -2.27. The smallest absolute Gasteiger partial charge is 0.255 e.